The van der Waals surface area contributed by atoms with Crippen molar-refractivity contribution in [3.8, 4) is 0 Å². The van der Waals surface area contributed by atoms with E-state index in [4.69, 9.17) is 4.74 Å². The van der Waals surface area contributed by atoms with Crippen LogP contribution < -0.4 is 5.32 Å². The summed E-state index contributed by atoms with van der Waals surface area (Å²) in [6.45, 7) is 0. The topological polar surface area (TPSA) is 34.1 Å². The molecule has 5 heteroatoms. The first kappa shape index (κ1) is 10.9. The average Bonchev–Trinajstić information content (AvgIpc) is 2.64. The van der Waals surface area contributed by atoms with Gasteiger partial charge in [-0.15, -0.1) is 0 Å². The first-order valence-electron chi connectivity index (χ1n) is 5.60. The third-order valence-electron chi connectivity index (χ3n) is 3.11. The molecular formula is C12H13FN2OS. The van der Waals surface area contributed by atoms with Crippen LogP contribution in [0.15, 0.2) is 18.2 Å². The Kier molecular flexibility index (Phi) is 2.72. The van der Waals surface area contributed by atoms with Crippen LogP contribution in [0, 0.1) is 5.82 Å². The van der Waals surface area contributed by atoms with E-state index in [0.717, 1.165) is 28.2 Å². The molecule has 0 atom stereocenters. The lowest BCUT2D eigenvalue weighted by Gasteiger charge is -2.34. The molecule has 1 heterocycles. The molecule has 0 unspecified atom stereocenters. The second kappa shape index (κ2) is 4.23. The van der Waals surface area contributed by atoms with E-state index < -0.39 is 0 Å². The number of aromatic nitrogens is 1. The van der Waals surface area contributed by atoms with E-state index in [1.165, 1.54) is 12.1 Å². The lowest BCUT2D eigenvalue weighted by atomic mass is 9.89. The Labute approximate surface area is 103 Å². The quantitative estimate of drug-likeness (QED) is 0.911. The normalized spacial score (nSPS) is 23.6. The number of hydrogen-bond acceptors (Lipinski definition) is 4. The summed E-state index contributed by atoms with van der Waals surface area (Å²) in [4.78, 5) is 4.37. The maximum absolute atomic E-state index is 13.0. The Balaban J connectivity index is 1.73. The van der Waals surface area contributed by atoms with Gasteiger partial charge in [-0.05, 0) is 25.0 Å². The number of halogens is 1. The van der Waals surface area contributed by atoms with Crippen LogP contribution in [-0.4, -0.2) is 24.2 Å². The van der Waals surface area contributed by atoms with E-state index in [2.05, 4.69) is 10.3 Å². The van der Waals surface area contributed by atoms with Gasteiger partial charge in [-0.3, -0.25) is 0 Å². The van der Waals surface area contributed by atoms with Crippen molar-refractivity contribution in [3.05, 3.63) is 24.0 Å². The number of anilines is 1. The minimum Gasteiger partial charge on any atom is -0.381 e. The molecule has 0 amide bonds. The Morgan fingerprint density at radius 3 is 3.06 bits per heavy atom. The summed E-state index contributed by atoms with van der Waals surface area (Å²) in [5.74, 6) is -0.238. The first-order valence-corrected chi connectivity index (χ1v) is 6.41. The van der Waals surface area contributed by atoms with E-state index in [1.54, 1.807) is 24.5 Å². The minimum absolute atomic E-state index is 0.238. The molecule has 0 saturated heterocycles. The molecule has 3 nitrogen and oxygen atoms in total. The number of thiazole rings is 1. The molecule has 1 aromatic heterocycles. The van der Waals surface area contributed by atoms with E-state index in [1.807, 2.05) is 0 Å². The summed E-state index contributed by atoms with van der Waals surface area (Å²) in [6.07, 6.45) is 2.40. The maximum Gasteiger partial charge on any atom is 0.184 e. The number of fused-ring (bicyclic) bond motifs is 1. The lowest BCUT2D eigenvalue weighted by Crippen LogP contribution is -2.40. The molecule has 1 aliphatic rings. The highest BCUT2D eigenvalue weighted by molar-refractivity contribution is 7.22. The van der Waals surface area contributed by atoms with Gasteiger partial charge in [0.2, 0.25) is 0 Å². The zero-order chi connectivity index (χ0) is 11.8. The molecule has 0 bridgehead atoms. The number of rotatable bonds is 3. The Morgan fingerprint density at radius 2 is 2.29 bits per heavy atom. The Hall–Kier alpha value is -1.20. The first-order chi connectivity index (χ1) is 8.24. The number of ether oxygens (including phenoxy) is 1. The fraction of sp³-hybridized carbons (Fsp3) is 0.417. The maximum atomic E-state index is 13.0. The van der Waals surface area contributed by atoms with E-state index in [9.17, 15) is 4.39 Å². The number of methoxy groups -OCH3 is 1. The molecule has 1 N–H and O–H groups in total. The highest BCUT2D eigenvalue weighted by Crippen LogP contribution is 2.31. The molecule has 2 aromatic rings. The van der Waals surface area contributed by atoms with Crippen LogP contribution in [0.5, 0.6) is 0 Å². The SMILES string of the molecule is COC1CC(Nc2nc3cc(F)ccc3s2)C1. The molecule has 17 heavy (non-hydrogen) atoms. The van der Waals surface area contributed by atoms with Crippen LogP contribution in [0.1, 0.15) is 12.8 Å². The zero-order valence-electron chi connectivity index (χ0n) is 9.44. The van der Waals surface area contributed by atoms with Gasteiger partial charge in [-0.2, -0.15) is 0 Å². The van der Waals surface area contributed by atoms with Crippen LogP contribution in [-0.2, 0) is 4.74 Å². The summed E-state index contributed by atoms with van der Waals surface area (Å²) < 4.78 is 19.2. The molecule has 0 aliphatic heterocycles. The van der Waals surface area contributed by atoms with Crippen molar-refractivity contribution in [3.63, 3.8) is 0 Å². The third kappa shape index (κ3) is 2.12. The van der Waals surface area contributed by atoms with Crippen molar-refractivity contribution in [1.29, 1.82) is 0 Å². The largest absolute Gasteiger partial charge is 0.381 e. The van der Waals surface area contributed by atoms with Crippen LogP contribution in [0.25, 0.3) is 10.2 Å². The summed E-state index contributed by atoms with van der Waals surface area (Å²) in [7, 11) is 1.74. The molecule has 0 spiro atoms. The van der Waals surface area contributed by atoms with Crippen LogP contribution >= 0.6 is 11.3 Å². The van der Waals surface area contributed by atoms with Crippen LogP contribution in [0.3, 0.4) is 0 Å². The standard InChI is InChI=1S/C12H13FN2OS/c1-16-9-5-8(6-9)14-12-15-10-4-7(13)2-3-11(10)17-12/h2-4,8-9H,5-6H2,1H3,(H,14,15). The highest BCUT2D eigenvalue weighted by Gasteiger charge is 2.29. The van der Waals surface area contributed by atoms with Crippen LogP contribution in [0.2, 0.25) is 0 Å². The molecule has 0 radical (unpaired) electrons. The van der Waals surface area contributed by atoms with Gasteiger partial charge >= 0.3 is 0 Å². The van der Waals surface area contributed by atoms with Crippen molar-refractivity contribution in [2.24, 2.45) is 0 Å². The van der Waals surface area contributed by atoms with Crippen molar-refractivity contribution in [2.45, 2.75) is 25.0 Å². The molecular weight excluding hydrogens is 239 g/mol. The Morgan fingerprint density at radius 1 is 1.47 bits per heavy atom. The monoisotopic (exact) mass is 252 g/mol. The van der Waals surface area contributed by atoms with Gasteiger partial charge in [0.1, 0.15) is 5.82 Å². The van der Waals surface area contributed by atoms with Crippen LogP contribution in [0.4, 0.5) is 9.52 Å². The molecule has 1 aliphatic carbocycles. The van der Waals surface area contributed by atoms with Gasteiger partial charge in [0.05, 0.1) is 16.3 Å². The predicted octanol–water partition coefficient (Wildman–Crippen LogP) is 3.02. The number of nitrogens with one attached hydrogen (secondary N) is 1. The zero-order valence-corrected chi connectivity index (χ0v) is 10.3. The number of nitrogens with zero attached hydrogens (tertiary/aromatic N) is 1. The second-order valence-corrected chi connectivity index (χ2v) is 5.33. The van der Waals surface area contributed by atoms with Gasteiger partial charge < -0.3 is 10.1 Å². The minimum atomic E-state index is -0.238. The predicted molar refractivity (Wildman–Crippen MR) is 67.0 cm³/mol. The van der Waals surface area contributed by atoms with E-state index in [0.29, 0.717) is 12.1 Å². The fourth-order valence-corrected chi connectivity index (χ4v) is 2.94. The third-order valence-corrected chi connectivity index (χ3v) is 4.07. The van der Waals surface area contributed by atoms with E-state index >= 15 is 0 Å². The second-order valence-electron chi connectivity index (χ2n) is 4.30. The van der Waals surface area contributed by atoms with Crippen molar-refractivity contribution in [1.82, 2.24) is 4.98 Å². The molecule has 90 valence electrons. The Bertz CT molecular complexity index is 536. The average molecular weight is 252 g/mol. The fourth-order valence-electron chi connectivity index (χ4n) is 2.01. The van der Waals surface area contributed by atoms with Gasteiger partial charge in [0, 0.05) is 19.2 Å². The summed E-state index contributed by atoms with van der Waals surface area (Å²) >= 11 is 1.56. The number of hydrogen-bond donors (Lipinski definition) is 1. The smallest absolute Gasteiger partial charge is 0.184 e. The van der Waals surface area contributed by atoms with Gasteiger partial charge in [0.25, 0.3) is 0 Å². The summed E-state index contributed by atoms with van der Waals surface area (Å²) in [6, 6.07) is 5.14. The number of benzene rings is 1. The van der Waals surface area contributed by atoms with Crippen molar-refractivity contribution >= 4 is 26.7 Å². The van der Waals surface area contributed by atoms with Gasteiger partial charge in [0.15, 0.2) is 5.13 Å². The van der Waals surface area contributed by atoms with Gasteiger partial charge in [-0.25, -0.2) is 9.37 Å². The highest BCUT2D eigenvalue weighted by atomic mass is 32.1. The van der Waals surface area contributed by atoms with Gasteiger partial charge in [-0.1, -0.05) is 11.3 Å². The molecule has 1 aromatic carbocycles. The van der Waals surface area contributed by atoms with Crippen molar-refractivity contribution in [2.75, 3.05) is 12.4 Å². The molecule has 1 saturated carbocycles. The summed E-state index contributed by atoms with van der Waals surface area (Å²) in [5, 5.41) is 4.22. The molecule has 1 fully saturated rings. The lowest BCUT2D eigenvalue weighted by molar-refractivity contribution is 0.0329. The molecule has 3 rings (SSSR count). The van der Waals surface area contributed by atoms with E-state index in [-0.39, 0.29) is 5.82 Å². The van der Waals surface area contributed by atoms with Crippen molar-refractivity contribution < 1.29 is 9.13 Å². The summed E-state index contributed by atoms with van der Waals surface area (Å²) in [5.41, 5.74) is 0.722.